The van der Waals surface area contributed by atoms with Crippen molar-refractivity contribution in [1.82, 2.24) is 15.5 Å². The summed E-state index contributed by atoms with van der Waals surface area (Å²) in [6, 6.07) is -0.281. The Morgan fingerprint density at radius 3 is 2.37 bits per heavy atom. The number of aliphatic hydroxyl groups is 6. The van der Waals surface area contributed by atoms with Crippen molar-refractivity contribution >= 4 is 29.3 Å². The number of rotatable bonds is 11. The Balaban J connectivity index is 1.15. The normalized spacial score (nSPS) is 45.8. The highest BCUT2D eigenvalue weighted by Gasteiger charge is 2.65. The number of fused-ring (bicyclic) bond motifs is 3. The molecule has 330 valence electrons. The van der Waals surface area contributed by atoms with Crippen LogP contribution < -0.4 is 22.1 Å². The van der Waals surface area contributed by atoms with Crippen LogP contribution >= 0.6 is 0 Å². The molecule has 0 radical (unpaired) electrons. The highest BCUT2D eigenvalue weighted by atomic mass is 16.7. The van der Waals surface area contributed by atoms with Crippen molar-refractivity contribution in [2.75, 3.05) is 40.5 Å². The molecule has 0 bridgehead atoms. The van der Waals surface area contributed by atoms with Crippen LogP contribution in [0.25, 0.3) is 0 Å². The fourth-order valence-corrected chi connectivity index (χ4v) is 12.1. The molecule has 4 saturated carbocycles. The zero-order chi connectivity index (χ0) is 42.5. The summed E-state index contributed by atoms with van der Waals surface area (Å²) in [6.45, 7) is -0.910. The first-order valence-electron chi connectivity index (χ1n) is 21.1. The summed E-state index contributed by atoms with van der Waals surface area (Å²) < 4.78 is 18.2. The van der Waals surface area contributed by atoms with Crippen LogP contribution in [0.5, 0.6) is 0 Å². The van der Waals surface area contributed by atoms with E-state index in [0.717, 1.165) is 29.9 Å². The van der Waals surface area contributed by atoms with Gasteiger partial charge in [0.1, 0.15) is 35.5 Å². The third-order valence-corrected chi connectivity index (χ3v) is 15.0. The van der Waals surface area contributed by atoms with Crippen molar-refractivity contribution in [3.63, 3.8) is 0 Å². The maximum absolute atomic E-state index is 14.9. The molecule has 19 atom stereocenters. The number of hydrogen-bond donors (Lipinski definition) is 10. The lowest BCUT2D eigenvalue weighted by atomic mass is 9.50. The van der Waals surface area contributed by atoms with Crippen LogP contribution in [-0.4, -0.2) is 166 Å². The van der Waals surface area contributed by atoms with Crippen molar-refractivity contribution in [2.45, 2.75) is 112 Å². The van der Waals surface area contributed by atoms with Gasteiger partial charge in [0.15, 0.2) is 12.2 Å². The van der Waals surface area contributed by atoms with Crippen molar-refractivity contribution in [2.24, 2.45) is 69.7 Å². The first-order valence-corrected chi connectivity index (χ1v) is 21.1. The zero-order valence-electron chi connectivity index (χ0n) is 33.6. The minimum Gasteiger partial charge on any atom is -0.396 e. The first-order chi connectivity index (χ1) is 28.2. The van der Waals surface area contributed by atoms with Gasteiger partial charge >= 0.3 is 0 Å². The van der Waals surface area contributed by atoms with E-state index in [1.165, 1.54) is 7.11 Å². The number of carbonyl (C=O) groups is 4. The van der Waals surface area contributed by atoms with Crippen LogP contribution in [0.2, 0.25) is 0 Å². The summed E-state index contributed by atoms with van der Waals surface area (Å²) in [7, 11) is 2.96. The van der Waals surface area contributed by atoms with E-state index in [0.29, 0.717) is 32.2 Å². The van der Waals surface area contributed by atoms with Gasteiger partial charge in [0.25, 0.3) is 11.8 Å². The summed E-state index contributed by atoms with van der Waals surface area (Å²) in [5, 5.41) is 75.4. The Labute approximate surface area is 342 Å². The van der Waals surface area contributed by atoms with Crippen LogP contribution in [-0.2, 0) is 33.4 Å². The summed E-state index contributed by atoms with van der Waals surface area (Å²) in [4.78, 5) is 59.8. The van der Waals surface area contributed by atoms with Crippen molar-refractivity contribution in [3.05, 3.63) is 12.2 Å². The van der Waals surface area contributed by atoms with Gasteiger partial charge in [0.2, 0.25) is 0 Å². The van der Waals surface area contributed by atoms with E-state index in [2.05, 4.69) is 15.6 Å². The Bertz CT molecular complexity index is 1630. The van der Waals surface area contributed by atoms with Crippen molar-refractivity contribution in [3.8, 4) is 0 Å². The largest absolute Gasteiger partial charge is 0.396 e. The van der Waals surface area contributed by atoms with Crippen molar-refractivity contribution < 1.29 is 64.0 Å². The molecule has 4 aliphatic carbocycles. The lowest BCUT2D eigenvalue weighted by Gasteiger charge is -2.56. The number of imide groups is 1. The molecule has 7 rings (SSSR count). The Morgan fingerprint density at radius 1 is 1.00 bits per heavy atom. The number of hydrogen-bond acceptors (Lipinski definition) is 16. The van der Waals surface area contributed by atoms with Crippen molar-refractivity contribution in [1.29, 1.82) is 0 Å². The number of aliphatic imine (C=N–C) groups is 1. The van der Waals surface area contributed by atoms with E-state index in [4.69, 9.17) is 25.7 Å². The van der Waals surface area contributed by atoms with Crippen LogP contribution in [0.3, 0.4) is 0 Å². The lowest BCUT2D eigenvalue weighted by Crippen LogP contribution is -2.70. The fourth-order valence-electron chi connectivity index (χ4n) is 12.1. The molecule has 3 aliphatic heterocycles. The molecule has 19 heteroatoms. The molecule has 6 fully saturated rings. The quantitative estimate of drug-likeness (QED) is 0.0548. The van der Waals surface area contributed by atoms with E-state index < -0.39 is 127 Å². The van der Waals surface area contributed by atoms with Crippen LogP contribution in [0.1, 0.15) is 51.4 Å². The highest BCUT2D eigenvalue weighted by Crippen LogP contribution is 2.54. The second kappa shape index (κ2) is 17.8. The zero-order valence-corrected chi connectivity index (χ0v) is 33.6. The van der Waals surface area contributed by atoms with Gasteiger partial charge in [-0.2, -0.15) is 0 Å². The second-order valence-corrected chi connectivity index (χ2v) is 17.9. The van der Waals surface area contributed by atoms with E-state index in [1.54, 1.807) is 7.05 Å². The number of nitrogens with zero attached hydrogens (tertiary/aromatic N) is 2. The minimum atomic E-state index is -2.32. The number of carbonyl (C=O) groups excluding carboxylic acids is 4. The minimum absolute atomic E-state index is 0.0319. The molecule has 19 nitrogen and oxygen atoms in total. The van der Waals surface area contributed by atoms with E-state index in [-0.39, 0.29) is 49.0 Å². The third kappa shape index (κ3) is 8.01. The molecular weight excluding hydrogens is 772 g/mol. The Morgan fingerprint density at radius 2 is 1.73 bits per heavy atom. The highest BCUT2D eigenvalue weighted by molar-refractivity contribution is 6.12. The number of methoxy groups -OCH3 is 1. The lowest BCUT2D eigenvalue weighted by molar-refractivity contribution is -0.349. The monoisotopic (exact) mass is 834 g/mol. The van der Waals surface area contributed by atoms with Gasteiger partial charge in [-0.05, 0) is 62.8 Å². The summed E-state index contributed by atoms with van der Waals surface area (Å²) in [5.41, 5.74) is 9.92. The van der Waals surface area contributed by atoms with Gasteiger partial charge in [0.05, 0.1) is 42.9 Å². The Hall–Kier alpha value is -2.95. The van der Waals surface area contributed by atoms with E-state index >= 15 is 0 Å². The number of ether oxygens (including phenoxy) is 3. The third-order valence-electron chi connectivity index (χ3n) is 15.0. The topological polar surface area (TPSA) is 309 Å². The fraction of sp³-hybridized carbons (Fsp3) is 0.825. The molecule has 0 aromatic carbocycles. The van der Waals surface area contributed by atoms with Gasteiger partial charge in [-0.25, -0.2) is 0 Å². The molecule has 3 heterocycles. The number of aliphatic hydroxyl groups excluding tert-OH is 5. The first kappa shape index (κ1) is 44.1. The predicted octanol–water partition coefficient (Wildman–Crippen LogP) is -3.52. The van der Waals surface area contributed by atoms with E-state index in [1.807, 2.05) is 0 Å². The second-order valence-electron chi connectivity index (χ2n) is 17.9. The van der Waals surface area contributed by atoms with Gasteiger partial charge < -0.3 is 67.0 Å². The van der Waals surface area contributed by atoms with Gasteiger partial charge in [-0.15, -0.1) is 0 Å². The maximum Gasteiger partial charge on any atom is 0.253 e. The van der Waals surface area contributed by atoms with Crippen LogP contribution in [0.15, 0.2) is 17.1 Å². The smallest absolute Gasteiger partial charge is 0.253 e. The molecule has 0 spiro atoms. The predicted molar refractivity (Wildman–Crippen MR) is 206 cm³/mol. The van der Waals surface area contributed by atoms with Gasteiger partial charge in [-0.3, -0.25) is 29.1 Å². The van der Waals surface area contributed by atoms with Gasteiger partial charge in [0, 0.05) is 75.6 Å². The standard InChI is InChI=1S/C40H62N6O13/c1-43-39(42)45-22-5-3-4-18-10-20-31(34(52)29(18)22)35(53)32-24(12-23(57-2)21(15-47)30(32)33(20)51)58-38-36(54)37(55)40(56,25(16-48)59-38)13-19(17-8-9-44-26(41)11-17)14-46-27(49)6-7-28(46)50/h6-7,17-26,29-32,34,36-38,44,47-48,52,54-56H,3-5,8-16,41H2,1-2H3,(H3,42,43,45). The molecule has 2 saturated heterocycles. The summed E-state index contributed by atoms with van der Waals surface area (Å²) in [5.74, 6) is -7.83. The summed E-state index contributed by atoms with van der Waals surface area (Å²) >= 11 is 0. The number of amides is 2. The van der Waals surface area contributed by atoms with Crippen LogP contribution in [0.4, 0.5) is 0 Å². The maximum atomic E-state index is 14.9. The SMILES string of the molecule is CN=C(N)NC1CCCC2CC3C(=O)C4C(CO)C(OC)CC(OC5OC(CO)C(O)(CC(CN6C(=O)C=CC6=O)C6CCNC(N)C6)C(O)C5O)C4C(=O)C3C(O)C21. The van der Waals surface area contributed by atoms with Crippen LogP contribution in [0, 0.1) is 53.3 Å². The molecule has 0 aromatic rings. The average Bonchev–Trinajstić information content (AvgIpc) is 3.54. The molecular formula is C40H62N6O13. The number of nitrogens with one attached hydrogen (secondary N) is 2. The number of Topliss-reactive ketones (excluding diaryl/α,β-unsaturated/α-hetero) is 2. The molecule has 0 aromatic heterocycles. The number of ketones is 2. The number of piperidine rings is 1. The average molecular weight is 835 g/mol. The van der Waals surface area contributed by atoms with Gasteiger partial charge in [-0.1, -0.05) is 6.42 Å². The molecule has 59 heavy (non-hydrogen) atoms. The molecule has 12 N–H and O–H groups in total. The molecule has 19 unspecified atom stereocenters. The van der Waals surface area contributed by atoms with E-state index in [9.17, 15) is 49.8 Å². The summed E-state index contributed by atoms with van der Waals surface area (Å²) in [6.07, 6.45) is -5.21. The number of nitrogens with two attached hydrogens (primary N) is 2. The number of guanidine groups is 1. The molecule has 2 amide bonds. The molecule has 7 aliphatic rings. The Kier molecular flexibility index (Phi) is 13.3.